The SMILES string of the molecule is CC[C@@H]1CCCCN1C(=O)c1ccc(-c2ccsc2C(C)=O)cc1. The van der Waals surface area contributed by atoms with Gasteiger partial charge in [0.2, 0.25) is 0 Å². The van der Waals surface area contributed by atoms with Gasteiger partial charge in [-0.25, -0.2) is 0 Å². The third kappa shape index (κ3) is 3.29. The third-order valence-electron chi connectivity index (χ3n) is 4.79. The molecular weight excluding hydrogens is 318 g/mol. The summed E-state index contributed by atoms with van der Waals surface area (Å²) < 4.78 is 0. The number of likely N-dealkylation sites (tertiary alicyclic amines) is 1. The molecule has 1 amide bonds. The fourth-order valence-corrected chi connectivity index (χ4v) is 4.28. The number of benzene rings is 1. The van der Waals surface area contributed by atoms with Crippen LogP contribution in [0.1, 0.15) is 59.6 Å². The van der Waals surface area contributed by atoms with Crippen LogP contribution in [0.4, 0.5) is 0 Å². The lowest BCUT2D eigenvalue weighted by molar-refractivity contribution is 0.0608. The molecule has 3 nitrogen and oxygen atoms in total. The summed E-state index contributed by atoms with van der Waals surface area (Å²) in [5.41, 5.74) is 2.68. The Bertz CT molecular complexity index is 732. The van der Waals surface area contributed by atoms with Gasteiger partial charge in [-0.1, -0.05) is 19.1 Å². The summed E-state index contributed by atoms with van der Waals surface area (Å²) in [4.78, 5) is 27.3. The van der Waals surface area contributed by atoms with Crippen LogP contribution in [0, 0.1) is 0 Å². The van der Waals surface area contributed by atoms with Gasteiger partial charge in [0, 0.05) is 23.7 Å². The van der Waals surface area contributed by atoms with Crippen LogP contribution in [-0.2, 0) is 0 Å². The van der Waals surface area contributed by atoms with Crippen molar-refractivity contribution in [3.05, 3.63) is 46.2 Å². The van der Waals surface area contributed by atoms with Crippen molar-refractivity contribution in [2.24, 2.45) is 0 Å². The fraction of sp³-hybridized carbons (Fsp3) is 0.400. The molecule has 1 aromatic carbocycles. The summed E-state index contributed by atoms with van der Waals surface area (Å²) in [5, 5.41) is 1.94. The predicted molar refractivity (Wildman–Crippen MR) is 98.7 cm³/mol. The molecule has 2 aromatic rings. The molecule has 3 rings (SSSR count). The number of hydrogen-bond acceptors (Lipinski definition) is 3. The second-order valence-corrected chi connectivity index (χ2v) is 7.27. The zero-order valence-corrected chi connectivity index (χ0v) is 15.1. The molecule has 0 radical (unpaired) electrons. The van der Waals surface area contributed by atoms with Crippen molar-refractivity contribution in [3.8, 4) is 11.1 Å². The number of nitrogens with zero attached hydrogens (tertiary/aromatic N) is 1. The molecule has 0 spiro atoms. The van der Waals surface area contributed by atoms with Crippen molar-refractivity contribution < 1.29 is 9.59 Å². The van der Waals surface area contributed by atoms with E-state index in [0.29, 0.717) is 6.04 Å². The lowest BCUT2D eigenvalue weighted by Crippen LogP contribution is -2.43. The second-order valence-electron chi connectivity index (χ2n) is 6.35. The average molecular weight is 341 g/mol. The van der Waals surface area contributed by atoms with Gasteiger partial charge in [-0.3, -0.25) is 9.59 Å². The van der Waals surface area contributed by atoms with Gasteiger partial charge in [0.25, 0.3) is 5.91 Å². The van der Waals surface area contributed by atoms with E-state index < -0.39 is 0 Å². The Hall–Kier alpha value is -1.94. The van der Waals surface area contributed by atoms with Crippen LogP contribution in [0.25, 0.3) is 11.1 Å². The van der Waals surface area contributed by atoms with Crippen molar-refractivity contribution in [1.82, 2.24) is 4.90 Å². The van der Waals surface area contributed by atoms with Crippen LogP contribution in [0.2, 0.25) is 0 Å². The number of thiophene rings is 1. The fourth-order valence-electron chi connectivity index (χ4n) is 3.46. The van der Waals surface area contributed by atoms with E-state index in [4.69, 9.17) is 0 Å². The normalized spacial score (nSPS) is 17.8. The van der Waals surface area contributed by atoms with Gasteiger partial charge in [-0.15, -0.1) is 11.3 Å². The van der Waals surface area contributed by atoms with Gasteiger partial charge in [0.05, 0.1) is 4.88 Å². The number of Topliss-reactive ketones (excluding diaryl/α,β-unsaturated/α-hetero) is 1. The number of carbonyl (C=O) groups is 2. The molecule has 1 atom stereocenters. The summed E-state index contributed by atoms with van der Waals surface area (Å²) in [5.74, 6) is 0.212. The van der Waals surface area contributed by atoms with Crippen LogP contribution in [0.15, 0.2) is 35.7 Å². The number of piperidine rings is 1. The van der Waals surface area contributed by atoms with Gasteiger partial charge in [-0.05, 0) is 61.7 Å². The van der Waals surface area contributed by atoms with Gasteiger partial charge in [0.15, 0.2) is 5.78 Å². The molecule has 2 heterocycles. The van der Waals surface area contributed by atoms with Crippen molar-refractivity contribution in [3.63, 3.8) is 0 Å². The lowest BCUT2D eigenvalue weighted by atomic mass is 9.98. The molecule has 126 valence electrons. The molecule has 24 heavy (non-hydrogen) atoms. The summed E-state index contributed by atoms with van der Waals surface area (Å²) in [7, 11) is 0. The first kappa shape index (κ1) is 16.9. The molecule has 0 unspecified atom stereocenters. The Labute approximate surface area is 147 Å². The Morgan fingerprint density at radius 2 is 1.92 bits per heavy atom. The molecule has 0 bridgehead atoms. The monoisotopic (exact) mass is 341 g/mol. The maximum absolute atomic E-state index is 12.8. The van der Waals surface area contributed by atoms with Crippen molar-refractivity contribution in [1.29, 1.82) is 0 Å². The highest BCUT2D eigenvalue weighted by atomic mass is 32.1. The topological polar surface area (TPSA) is 37.4 Å². The van der Waals surface area contributed by atoms with Crippen LogP contribution in [-0.4, -0.2) is 29.2 Å². The van der Waals surface area contributed by atoms with Crippen molar-refractivity contribution >= 4 is 23.0 Å². The van der Waals surface area contributed by atoms with Crippen LogP contribution >= 0.6 is 11.3 Å². The van der Waals surface area contributed by atoms with E-state index in [0.717, 1.165) is 47.4 Å². The maximum atomic E-state index is 12.8. The van der Waals surface area contributed by atoms with Crippen LogP contribution in [0.5, 0.6) is 0 Å². The number of ketones is 1. The molecule has 1 saturated heterocycles. The number of carbonyl (C=O) groups excluding carboxylic acids is 2. The summed E-state index contributed by atoms with van der Waals surface area (Å²) in [6.07, 6.45) is 4.43. The lowest BCUT2D eigenvalue weighted by Gasteiger charge is -2.35. The molecular formula is C20H23NO2S. The average Bonchev–Trinajstić information content (AvgIpc) is 3.11. The van der Waals surface area contributed by atoms with E-state index in [1.54, 1.807) is 6.92 Å². The Morgan fingerprint density at radius 1 is 1.17 bits per heavy atom. The van der Waals surface area contributed by atoms with Crippen LogP contribution in [0.3, 0.4) is 0 Å². The van der Waals surface area contributed by atoms with Crippen LogP contribution < -0.4 is 0 Å². The smallest absolute Gasteiger partial charge is 0.254 e. The Balaban J connectivity index is 1.82. The Morgan fingerprint density at radius 3 is 2.58 bits per heavy atom. The van der Waals surface area contributed by atoms with E-state index in [2.05, 4.69) is 6.92 Å². The van der Waals surface area contributed by atoms with Gasteiger partial charge in [-0.2, -0.15) is 0 Å². The highest BCUT2D eigenvalue weighted by Gasteiger charge is 2.26. The van der Waals surface area contributed by atoms with Gasteiger partial charge < -0.3 is 4.90 Å². The number of hydrogen-bond donors (Lipinski definition) is 0. The molecule has 1 aliphatic rings. The highest BCUT2D eigenvalue weighted by Crippen LogP contribution is 2.29. The maximum Gasteiger partial charge on any atom is 0.254 e. The Kier molecular flexibility index (Phi) is 5.14. The first-order chi connectivity index (χ1) is 11.6. The quantitative estimate of drug-likeness (QED) is 0.732. The largest absolute Gasteiger partial charge is 0.336 e. The molecule has 4 heteroatoms. The number of amides is 1. The first-order valence-corrected chi connectivity index (χ1v) is 9.49. The minimum atomic E-state index is 0.0826. The van der Waals surface area contributed by atoms with Gasteiger partial charge >= 0.3 is 0 Å². The van der Waals surface area contributed by atoms with E-state index in [1.165, 1.54) is 17.8 Å². The van der Waals surface area contributed by atoms with Crippen molar-refractivity contribution in [2.45, 2.75) is 45.6 Å². The molecule has 1 aromatic heterocycles. The van der Waals surface area contributed by atoms with E-state index >= 15 is 0 Å². The molecule has 1 aliphatic heterocycles. The molecule has 1 fully saturated rings. The predicted octanol–water partition coefficient (Wildman–Crippen LogP) is 5.02. The zero-order valence-electron chi connectivity index (χ0n) is 14.2. The number of rotatable bonds is 4. The molecule has 0 aliphatic carbocycles. The van der Waals surface area contributed by atoms with E-state index in [-0.39, 0.29) is 11.7 Å². The summed E-state index contributed by atoms with van der Waals surface area (Å²) in [6, 6.07) is 10.0. The van der Waals surface area contributed by atoms with Gasteiger partial charge in [0.1, 0.15) is 0 Å². The second kappa shape index (κ2) is 7.31. The highest BCUT2D eigenvalue weighted by molar-refractivity contribution is 7.12. The third-order valence-corrected chi connectivity index (χ3v) is 5.80. The summed E-state index contributed by atoms with van der Waals surface area (Å²) >= 11 is 1.46. The standard InChI is InChI=1S/C20H23NO2S/c1-3-17-6-4-5-12-21(17)20(23)16-9-7-15(8-10-16)18-11-13-24-19(18)14(2)22/h7-11,13,17H,3-6,12H2,1-2H3/t17-/m1/s1. The minimum Gasteiger partial charge on any atom is -0.336 e. The van der Waals surface area contributed by atoms with Crippen molar-refractivity contribution in [2.75, 3.05) is 6.54 Å². The van der Waals surface area contributed by atoms with E-state index in [1.807, 2.05) is 40.6 Å². The zero-order chi connectivity index (χ0) is 17.1. The minimum absolute atomic E-state index is 0.0826. The summed E-state index contributed by atoms with van der Waals surface area (Å²) in [6.45, 7) is 4.60. The van der Waals surface area contributed by atoms with E-state index in [9.17, 15) is 9.59 Å². The first-order valence-electron chi connectivity index (χ1n) is 8.61. The molecule has 0 N–H and O–H groups in total. The molecule has 0 saturated carbocycles.